The summed E-state index contributed by atoms with van der Waals surface area (Å²) in [5.41, 5.74) is 10.4. The summed E-state index contributed by atoms with van der Waals surface area (Å²) in [7, 11) is 6.80. The van der Waals surface area contributed by atoms with Crippen molar-refractivity contribution < 1.29 is 48.7 Å². The molecular weight excluding hydrogens is 640 g/mol. The summed E-state index contributed by atoms with van der Waals surface area (Å²) in [4.78, 5) is 50.0. The summed E-state index contributed by atoms with van der Waals surface area (Å²) >= 11 is 20.9. The Morgan fingerprint density at radius 1 is 0.465 bits per heavy atom. The van der Waals surface area contributed by atoms with Gasteiger partial charge in [-0.1, -0.05) is 48.9 Å². The summed E-state index contributed by atoms with van der Waals surface area (Å²) < 4.78 is 0. The molecule has 0 radical (unpaired) electrons. The van der Waals surface area contributed by atoms with Gasteiger partial charge in [-0.05, 0) is 51.4 Å². The minimum atomic E-state index is -0.385. The normalized spacial score (nSPS) is 16.5. The Morgan fingerprint density at radius 3 is 0.767 bits per heavy atom. The molecule has 0 heterocycles. The molecule has 0 unspecified atom stereocenters. The van der Waals surface area contributed by atoms with E-state index in [2.05, 4.69) is 21.7 Å². The van der Waals surface area contributed by atoms with Crippen LogP contribution < -0.4 is 51.3 Å². The standard InChI is InChI=1S/2C13H20N4O2S2.Na/c2*1-16(12(20)8-3-4-8)14-10(18)7-11(19)15-17(2)13(21)9-5-6-9;/h2*8-9H,3-7H2,1-2H3,(H,14,18)(H,15,19);/q;;+1. The minimum absolute atomic E-state index is 0. The van der Waals surface area contributed by atoms with Crippen LogP contribution in [0.5, 0.6) is 0 Å². The van der Waals surface area contributed by atoms with Crippen LogP contribution in [0.4, 0.5) is 0 Å². The second-order valence-electron chi connectivity index (χ2n) is 11.2. The maximum Gasteiger partial charge on any atom is 1.00 e. The molecule has 4 rings (SSSR count). The molecule has 4 fully saturated rings. The molecule has 43 heavy (non-hydrogen) atoms. The zero-order valence-electron chi connectivity index (χ0n) is 25.4. The predicted octanol–water partition coefficient (Wildman–Crippen LogP) is -1.44. The molecule has 232 valence electrons. The summed E-state index contributed by atoms with van der Waals surface area (Å²) in [5.74, 6) is 0.0182. The van der Waals surface area contributed by atoms with E-state index < -0.39 is 0 Å². The molecule has 4 saturated carbocycles. The molecule has 0 aliphatic heterocycles. The second-order valence-corrected chi connectivity index (χ2v) is 12.9. The predicted molar refractivity (Wildman–Crippen MR) is 174 cm³/mol. The molecule has 0 aromatic heterocycles. The van der Waals surface area contributed by atoms with Crippen LogP contribution in [-0.2, 0) is 19.2 Å². The van der Waals surface area contributed by atoms with Crippen LogP contribution in [0.15, 0.2) is 0 Å². The SMILES string of the molecule is CN(NC(=O)CC(=O)NN(C)C(=S)C1CC1)C(=S)C1CC1.CN(NC(=O)CC(=O)NN(C)C(=S)C1CC1)C(=S)C1CC1.[Na+]. The van der Waals surface area contributed by atoms with Crippen molar-refractivity contribution in [3.05, 3.63) is 0 Å². The van der Waals surface area contributed by atoms with Crippen LogP contribution >= 0.6 is 48.9 Å². The van der Waals surface area contributed by atoms with Gasteiger partial charge in [0.1, 0.15) is 12.8 Å². The number of rotatable bonds is 8. The number of amides is 4. The summed E-state index contributed by atoms with van der Waals surface area (Å²) in [6, 6.07) is 0. The van der Waals surface area contributed by atoms with Crippen LogP contribution in [0.1, 0.15) is 64.2 Å². The number of carbonyl (C=O) groups excluding carboxylic acids is 4. The van der Waals surface area contributed by atoms with Crippen LogP contribution in [-0.4, -0.2) is 91.8 Å². The Bertz CT molecular complexity index is 958. The van der Waals surface area contributed by atoms with E-state index >= 15 is 0 Å². The van der Waals surface area contributed by atoms with Gasteiger partial charge in [-0.15, -0.1) is 0 Å². The topological polar surface area (TPSA) is 129 Å². The first-order chi connectivity index (χ1) is 19.8. The molecule has 12 nitrogen and oxygen atoms in total. The van der Waals surface area contributed by atoms with Gasteiger partial charge in [0, 0.05) is 51.9 Å². The first-order valence-corrected chi connectivity index (χ1v) is 15.7. The van der Waals surface area contributed by atoms with Gasteiger partial charge in [0.05, 0.1) is 20.0 Å². The largest absolute Gasteiger partial charge is 1.00 e. The average Bonchev–Trinajstić information content (AvgIpc) is 3.75. The molecule has 4 aliphatic carbocycles. The third-order valence-electron chi connectivity index (χ3n) is 6.84. The molecule has 0 aromatic carbocycles. The van der Waals surface area contributed by atoms with Crippen molar-refractivity contribution in [3.63, 3.8) is 0 Å². The Labute approximate surface area is 296 Å². The number of nitrogens with one attached hydrogen (secondary N) is 4. The van der Waals surface area contributed by atoms with E-state index in [-0.39, 0.29) is 66.0 Å². The van der Waals surface area contributed by atoms with Gasteiger partial charge in [-0.3, -0.25) is 60.9 Å². The van der Waals surface area contributed by atoms with E-state index in [1.807, 2.05) is 0 Å². The van der Waals surface area contributed by atoms with Crippen LogP contribution in [0, 0.1) is 23.7 Å². The van der Waals surface area contributed by atoms with Gasteiger partial charge in [-0.2, -0.15) is 0 Å². The fourth-order valence-electron chi connectivity index (χ4n) is 3.83. The van der Waals surface area contributed by atoms with Crippen LogP contribution in [0.2, 0.25) is 0 Å². The maximum absolute atomic E-state index is 11.8. The first kappa shape index (κ1) is 37.6. The molecule has 4 amide bonds. The van der Waals surface area contributed by atoms with Crippen molar-refractivity contribution in [1.29, 1.82) is 0 Å². The number of hydrogen-bond donors (Lipinski definition) is 4. The third-order valence-corrected chi connectivity index (χ3v) is 9.27. The fourth-order valence-corrected chi connectivity index (χ4v) is 4.96. The van der Waals surface area contributed by atoms with Gasteiger partial charge in [0.25, 0.3) is 0 Å². The van der Waals surface area contributed by atoms with Gasteiger partial charge in [-0.25, -0.2) is 0 Å². The van der Waals surface area contributed by atoms with E-state index in [0.29, 0.717) is 23.7 Å². The zero-order valence-corrected chi connectivity index (χ0v) is 30.7. The van der Waals surface area contributed by atoms with Crippen molar-refractivity contribution in [2.75, 3.05) is 28.2 Å². The average molecular weight is 680 g/mol. The molecule has 0 bridgehead atoms. The van der Waals surface area contributed by atoms with Crippen LogP contribution in [0.3, 0.4) is 0 Å². The molecular formula is C26H40N8NaO4S4+. The number of hydrogen-bond acceptors (Lipinski definition) is 8. The van der Waals surface area contributed by atoms with Crippen LogP contribution in [0.25, 0.3) is 0 Å². The smallest absolute Gasteiger partial charge is 0.282 e. The summed E-state index contributed by atoms with van der Waals surface area (Å²) in [6.07, 6.45) is 8.07. The van der Waals surface area contributed by atoms with Crippen molar-refractivity contribution in [2.24, 2.45) is 23.7 Å². The molecule has 4 N–H and O–H groups in total. The molecule has 0 spiro atoms. The summed E-state index contributed by atoms with van der Waals surface area (Å²) in [6.45, 7) is 0. The van der Waals surface area contributed by atoms with Crippen molar-refractivity contribution in [2.45, 2.75) is 64.2 Å². The molecule has 4 aliphatic rings. The molecule has 0 saturated heterocycles. The first-order valence-electron chi connectivity index (χ1n) is 14.0. The third kappa shape index (κ3) is 13.5. The van der Waals surface area contributed by atoms with E-state index in [9.17, 15) is 19.2 Å². The zero-order chi connectivity index (χ0) is 31.1. The maximum atomic E-state index is 11.8. The Hall–Kier alpha value is -1.56. The van der Waals surface area contributed by atoms with Gasteiger partial charge in [0.15, 0.2) is 0 Å². The minimum Gasteiger partial charge on any atom is -0.282 e. The number of carbonyl (C=O) groups is 4. The summed E-state index contributed by atoms with van der Waals surface area (Å²) in [5, 5.41) is 6.12. The van der Waals surface area contributed by atoms with Gasteiger partial charge in [0.2, 0.25) is 23.6 Å². The Balaban J connectivity index is 0.000000293. The Kier molecular flexibility index (Phi) is 15.1. The van der Waals surface area contributed by atoms with E-state index in [1.54, 1.807) is 28.2 Å². The number of nitrogens with zero attached hydrogens (tertiary/aromatic N) is 4. The second kappa shape index (κ2) is 17.2. The number of hydrazine groups is 4. The monoisotopic (exact) mass is 679 g/mol. The fraction of sp³-hybridized carbons (Fsp3) is 0.692. The molecule has 0 aromatic rings. The van der Waals surface area contributed by atoms with Crippen molar-refractivity contribution >= 4 is 92.5 Å². The van der Waals surface area contributed by atoms with Crippen molar-refractivity contribution in [1.82, 2.24) is 41.7 Å². The molecule has 17 heteroatoms. The van der Waals surface area contributed by atoms with Gasteiger partial charge >= 0.3 is 29.6 Å². The van der Waals surface area contributed by atoms with E-state index in [1.165, 1.54) is 20.0 Å². The van der Waals surface area contributed by atoms with Gasteiger partial charge < -0.3 is 0 Å². The van der Waals surface area contributed by atoms with E-state index in [0.717, 1.165) is 71.3 Å². The quantitative estimate of drug-likeness (QED) is 0.104. The Morgan fingerprint density at radius 2 is 0.628 bits per heavy atom. The molecule has 0 atom stereocenters. The van der Waals surface area contributed by atoms with E-state index in [4.69, 9.17) is 48.9 Å². The van der Waals surface area contributed by atoms with Crippen molar-refractivity contribution in [3.8, 4) is 0 Å². The number of thiocarbonyl (C=S) groups is 4.